The number of fused-ring (bicyclic) bond motifs is 1. The van der Waals surface area contributed by atoms with Gasteiger partial charge in [0.15, 0.2) is 0 Å². The Morgan fingerprint density at radius 1 is 1.11 bits per heavy atom. The van der Waals surface area contributed by atoms with Gasteiger partial charge in [0.05, 0.1) is 0 Å². The second-order valence-electron chi connectivity index (χ2n) is 9.70. The smallest absolute Gasteiger partial charge is 0.408 e. The highest BCUT2D eigenvalue weighted by Gasteiger charge is 2.65. The van der Waals surface area contributed by atoms with Crippen molar-refractivity contribution in [3.63, 3.8) is 0 Å². The second kappa shape index (κ2) is 10.9. The van der Waals surface area contributed by atoms with Crippen LogP contribution in [0.5, 0.6) is 0 Å². The van der Waals surface area contributed by atoms with E-state index in [0.29, 0.717) is 6.42 Å². The fourth-order valence-electron chi connectivity index (χ4n) is 4.18. The normalized spacial score (nSPS) is 22.6. The monoisotopic (exact) mass is 506 g/mol. The standard InChI is InChI=1S/C25H34N2O7S/c1-6-7-9-14-17(28)33-25(4,5)34-22(30)19-24(2,3)35-21-18(20(29)27(19)21)26-23(31)32-15-16-12-10-8-11-13-16/h8,10-13,18-19,21H,6-7,9,14-15H2,1-5H3,(H,26,31)/t18?,19-,21+/m0/s1. The first-order valence-corrected chi connectivity index (χ1v) is 12.7. The average molecular weight is 507 g/mol. The third-order valence-electron chi connectivity index (χ3n) is 5.84. The highest BCUT2D eigenvalue weighted by atomic mass is 32.2. The number of nitrogens with zero attached hydrogens (tertiary/aromatic N) is 1. The van der Waals surface area contributed by atoms with E-state index in [1.54, 1.807) is 0 Å². The van der Waals surface area contributed by atoms with Crippen LogP contribution >= 0.6 is 11.8 Å². The number of esters is 2. The van der Waals surface area contributed by atoms with Gasteiger partial charge in [-0.3, -0.25) is 9.59 Å². The summed E-state index contributed by atoms with van der Waals surface area (Å²) < 4.78 is 15.4. The number of nitrogens with one attached hydrogen (secondary N) is 1. The molecule has 35 heavy (non-hydrogen) atoms. The molecule has 3 atom stereocenters. The number of carbonyl (C=O) groups is 4. The highest BCUT2D eigenvalue weighted by molar-refractivity contribution is 8.01. The molecule has 2 amide bonds. The van der Waals surface area contributed by atoms with E-state index >= 15 is 0 Å². The zero-order chi connectivity index (χ0) is 25.8. The van der Waals surface area contributed by atoms with Gasteiger partial charge >= 0.3 is 18.0 Å². The molecule has 2 saturated heterocycles. The summed E-state index contributed by atoms with van der Waals surface area (Å²) in [4.78, 5) is 51.8. The van der Waals surface area contributed by atoms with E-state index in [1.807, 2.05) is 51.1 Å². The number of hydrogen-bond donors (Lipinski definition) is 1. The van der Waals surface area contributed by atoms with Crippen LogP contribution in [-0.4, -0.2) is 56.8 Å². The Balaban J connectivity index is 1.56. The Labute approximate surface area is 210 Å². The second-order valence-corrected chi connectivity index (χ2v) is 11.5. The first-order chi connectivity index (χ1) is 16.4. The molecule has 2 fully saturated rings. The van der Waals surface area contributed by atoms with Gasteiger partial charge in [-0.05, 0) is 25.8 Å². The summed E-state index contributed by atoms with van der Waals surface area (Å²) in [5.41, 5.74) is 0.831. The lowest BCUT2D eigenvalue weighted by molar-refractivity contribution is -0.221. The molecule has 9 nitrogen and oxygen atoms in total. The van der Waals surface area contributed by atoms with Crippen LogP contribution in [0.3, 0.4) is 0 Å². The predicted molar refractivity (Wildman–Crippen MR) is 130 cm³/mol. The van der Waals surface area contributed by atoms with Gasteiger partial charge in [-0.1, -0.05) is 50.1 Å². The predicted octanol–water partition coefficient (Wildman–Crippen LogP) is 3.75. The van der Waals surface area contributed by atoms with E-state index in [1.165, 1.54) is 30.5 Å². The maximum atomic E-state index is 13.1. The number of thioether (sulfide) groups is 1. The van der Waals surface area contributed by atoms with Crippen LogP contribution in [0.2, 0.25) is 0 Å². The van der Waals surface area contributed by atoms with Gasteiger partial charge in [-0.25, -0.2) is 9.59 Å². The topological polar surface area (TPSA) is 111 Å². The maximum absolute atomic E-state index is 13.1. The Hall–Kier alpha value is -2.75. The molecule has 0 spiro atoms. The van der Waals surface area contributed by atoms with Gasteiger partial charge < -0.3 is 24.4 Å². The van der Waals surface area contributed by atoms with E-state index < -0.39 is 46.0 Å². The Morgan fingerprint density at radius 3 is 2.46 bits per heavy atom. The molecule has 2 heterocycles. The van der Waals surface area contributed by atoms with Crippen molar-refractivity contribution in [2.45, 2.75) is 94.9 Å². The van der Waals surface area contributed by atoms with Crippen LogP contribution in [0.15, 0.2) is 30.3 Å². The van der Waals surface area contributed by atoms with Crippen molar-refractivity contribution in [2.24, 2.45) is 0 Å². The number of β-lactam (4-membered cyclic amide) rings is 1. The lowest BCUT2D eigenvalue weighted by atomic mass is 9.96. The van der Waals surface area contributed by atoms with Crippen LogP contribution < -0.4 is 5.32 Å². The van der Waals surface area contributed by atoms with Crippen molar-refractivity contribution >= 4 is 35.7 Å². The minimum atomic E-state index is -1.47. The molecule has 0 aliphatic carbocycles. The Bertz CT molecular complexity index is 950. The zero-order valence-corrected chi connectivity index (χ0v) is 21.7. The molecule has 0 aromatic heterocycles. The fourth-order valence-corrected chi connectivity index (χ4v) is 5.80. The lowest BCUT2D eigenvalue weighted by Crippen LogP contribution is -2.71. The minimum Gasteiger partial charge on any atom is -0.445 e. The fraction of sp³-hybridized carbons (Fsp3) is 0.600. The van der Waals surface area contributed by atoms with Crippen LogP contribution in [0.4, 0.5) is 4.79 Å². The van der Waals surface area contributed by atoms with Crippen LogP contribution in [0, 0.1) is 0 Å². The van der Waals surface area contributed by atoms with Gasteiger partial charge in [-0.15, -0.1) is 11.8 Å². The molecule has 1 N–H and O–H groups in total. The van der Waals surface area contributed by atoms with E-state index in [4.69, 9.17) is 14.2 Å². The molecule has 3 rings (SSSR count). The molecule has 1 aromatic carbocycles. The summed E-state index contributed by atoms with van der Waals surface area (Å²) in [6.45, 7) is 8.80. The molecule has 0 bridgehead atoms. The van der Waals surface area contributed by atoms with Gasteiger partial charge in [-0.2, -0.15) is 0 Å². The quantitative estimate of drug-likeness (QED) is 0.221. The van der Waals surface area contributed by atoms with Gasteiger partial charge in [0.2, 0.25) is 5.91 Å². The third-order valence-corrected chi connectivity index (χ3v) is 7.41. The summed E-state index contributed by atoms with van der Waals surface area (Å²) in [5.74, 6) is -2.95. The number of benzene rings is 1. The third kappa shape index (κ3) is 6.48. The molecule has 10 heteroatoms. The molecule has 1 unspecified atom stereocenters. The summed E-state index contributed by atoms with van der Waals surface area (Å²) >= 11 is 1.40. The molecular weight excluding hydrogens is 472 g/mol. The van der Waals surface area contributed by atoms with Crippen molar-refractivity contribution in [3.05, 3.63) is 35.9 Å². The van der Waals surface area contributed by atoms with Crippen molar-refractivity contribution in [2.75, 3.05) is 0 Å². The van der Waals surface area contributed by atoms with Crippen molar-refractivity contribution in [3.8, 4) is 0 Å². The zero-order valence-electron chi connectivity index (χ0n) is 20.9. The minimum absolute atomic E-state index is 0.0851. The van der Waals surface area contributed by atoms with Crippen molar-refractivity contribution in [1.82, 2.24) is 10.2 Å². The highest BCUT2D eigenvalue weighted by Crippen LogP contribution is 2.51. The number of carbonyl (C=O) groups excluding carboxylic acids is 4. The summed E-state index contributed by atoms with van der Waals surface area (Å²) in [6, 6.07) is 7.53. The molecule has 0 radical (unpaired) electrons. The maximum Gasteiger partial charge on any atom is 0.408 e. The first kappa shape index (κ1) is 26.8. The van der Waals surface area contributed by atoms with Crippen LogP contribution in [-0.2, 0) is 35.2 Å². The largest absolute Gasteiger partial charge is 0.445 e. The molecule has 0 saturated carbocycles. The van der Waals surface area contributed by atoms with Gasteiger partial charge in [0.25, 0.3) is 5.79 Å². The number of amides is 2. The van der Waals surface area contributed by atoms with Crippen molar-refractivity contribution < 1.29 is 33.4 Å². The van der Waals surface area contributed by atoms with E-state index in [-0.39, 0.29) is 18.9 Å². The summed E-state index contributed by atoms with van der Waals surface area (Å²) in [6.07, 6.45) is 2.15. The lowest BCUT2D eigenvalue weighted by Gasteiger charge is -2.44. The molecule has 2 aliphatic heterocycles. The number of unbranched alkanes of at least 4 members (excludes halogenated alkanes) is 2. The van der Waals surface area contributed by atoms with E-state index in [2.05, 4.69) is 5.32 Å². The molecule has 192 valence electrons. The Morgan fingerprint density at radius 2 is 1.80 bits per heavy atom. The molecular formula is C25H34N2O7S. The van der Waals surface area contributed by atoms with E-state index in [0.717, 1.165) is 18.4 Å². The summed E-state index contributed by atoms with van der Waals surface area (Å²) in [7, 11) is 0. The molecule has 2 aliphatic rings. The van der Waals surface area contributed by atoms with Crippen LogP contribution in [0.25, 0.3) is 0 Å². The number of rotatable bonds is 10. The number of alkyl carbamates (subject to hydrolysis) is 1. The van der Waals surface area contributed by atoms with Crippen molar-refractivity contribution in [1.29, 1.82) is 0 Å². The van der Waals surface area contributed by atoms with Gasteiger partial charge in [0.1, 0.15) is 24.1 Å². The SMILES string of the molecule is CCCCCC(=O)OC(C)(C)OC(=O)[C@@H]1N2C(=O)C(NC(=O)OCc3ccccc3)[C@H]2SC1(C)C. The number of ether oxygens (including phenoxy) is 3. The van der Waals surface area contributed by atoms with E-state index in [9.17, 15) is 19.2 Å². The first-order valence-electron chi connectivity index (χ1n) is 11.9. The Kier molecular flexibility index (Phi) is 8.35. The average Bonchev–Trinajstić information content (AvgIpc) is 3.04. The van der Waals surface area contributed by atoms with Crippen LogP contribution in [0.1, 0.15) is 65.9 Å². The molecule has 1 aromatic rings. The van der Waals surface area contributed by atoms with Gasteiger partial charge in [0, 0.05) is 25.0 Å². The number of hydrogen-bond acceptors (Lipinski definition) is 8. The summed E-state index contributed by atoms with van der Waals surface area (Å²) in [5, 5.41) is 2.18.